The summed E-state index contributed by atoms with van der Waals surface area (Å²) in [7, 11) is 0. The summed E-state index contributed by atoms with van der Waals surface area (Å²) >= 11 is 1.77. The molecule has 1 aliphatic heterocycles. The van der Waals surface area contributed by atoms with Gasteiger partial charge in [-0.2, -0.15) is 0 Å². The molecule has 0 radical (unpaired) electrons. The lowest BCUT2D eigenvalue weighted by molar-refractivity contribution is -0.151. The fourth-order valence-electron chi connectivity index (χ4n) is 2.76. The molecule has 4 heteroatoms. The Kier molecular flexibility index (Phi) is 3.78. The molecule has 100 valence electrons. The Morgan fingerprint density at radius 3 is 2.89 bits per heavy atom. The molecule has 0 saturated carbocycles. The summed E-state index contributed by atoms with van der Waals surface area (Å²) < 4.78 is 0. The number of likely N-dealkylation sites (tertiary alicyclic amines) is 1. The maximum absolute atomic E-state index is 11.4. The lowest BCUT2D eigenvalue weighted by atomic mass is 9.81. The van der Waals surface area contributed by atoms with E-state index in [0.29, 0.717) is 12.6 Å². The van der Waals surface area contributed by atoms with Crippen LogP contribution in [0.3, 0.4) is 0 Å². The third-order valence-electron chi connectivity index (χ3n) is 4.07. The number of hydrogen-bond donors (Lipinski definition) is 1. The van der Waals surface area contributed by atoms with Crippen LogP contribution in [0.1, 0.15) is 43.2 Å². The minimum Gasteiger partial charge on any atom is -0.481 e. The highest BCUT2D eigenvalue weighted by Crippen LogP contribution is 2.36. The molecule has 1 aromatic heterocycles. The van der Waals surface area contributed by atoms with Crippen molar-refractivity contribution in [3.8, 4) is 0 Å². The van der Waals surface area contributed by atoms with E-state index in [-0.39, 0.29) is 0 Å². The number of aliphatic carboxylic acids is 1. The first kappa shape index (κ1) is 13.6. The fraction of sp³-hybridized carbons (Fsp3) is 0.643. The van der Waals surface area contributed by atoms with Gasteiger partial charge in [-0.3, -0.25) is 9.69 Å². The van der Waals surface area contributed by atoms with Crippen LogP contribution in [-0.4, -0.2) is 29.1 Å². The average Bonchev–Trinajstić information content (AvgIpc) is 2.74. The van der Waals surface area contributed by atoms with E-state index in [1.807, 2.05) is 6.92 Å². The molecule has 0 aliphatic carbocycles. The standard InChI is InChI=1S/C14H21NO2S/c1-10-5-8-18-12(10)11(2)15-7-4-6-14(3,9-15)13(16)17/h5,8,11H,4,6-7,9H2,1-3H3,(H,16,17). The molecule has 2 rings (SSSR count). The molecule has 2 unspecified atom stereocenters. The lowest BCUT2D eigenvalue weighted by Gasteiger charge is -2.40. The van der Waals surface area contributed by atoms with Crippen molar-refractivity contribution in [1.29, 1.82) is 0 Å². The predicted molar refractivity (Wildman–Crippen MR) is 74.0 cm³/mol. The number of carbonyl (C=O) groups is 1. The normalized spacial score (nSPS) is 27.1. The Balaban J connectivity index is 2.14. The first-order chi connectivity index (χ1) is 8.44. The largest absolute Gasteiger partial charge is 0.481 e. The third kappa shape index (κ3) is 2.45. The van der Waals surface area contributed by atoms with E-state index in [1.165, 1.54) is 10.4 Å². The Bertz CT molecular complexity index is 443. The zero-order valence-electron chi connectivity index (χ0n) is 11.3. The topological polar surface area (TPSA) is 40.5 Å². The van der Waals surface area contributed by atoms with Gasteiger partial charge in [-0.25, -0.2) is 0 Å². The molecule has 1 aromatic rings. The van der Waals surface area contributed by atoms with Gasteiger partial charge >= 0.3 is 5.97 Å². The van der Waals surface area contributed by atoms with Gasteiger partial charge in [0.15, 0.2) is 0 Å². The molecule has 18 heavy (non-hydrogen) atoms. The molecule has 1 aliphatic rings. The second-order valence-electron chi connectivity index (χ2n) is 5.58. The number of hydrogen-bond acceptors (Lipinski definition) is 3. The average molecular weight is 267 g/mol. The molecule has 1 fully saturated rings. The summed E-state index contributed by atoms with van der Waals surface area (Å²) in [5.74, 6) is -0.665. The summed E-state index contributed by atoms with van der Waals surface area (Å²) in [6.07, 6.45) is 1.76. The van der Waals surface area contributed by atoms with Gasteiger partial charge in [0.2, 0.25) is 0 Å². The van der Waals surface area contributed by atoms with Gasteiger partial charge in [0, 0.05) is 17.5 Å². The Morgan fingerprint density at radius 1 is 1.61 bits per heavy atom. The highest BCUT2D eigenvalue weighted by Gasteiger charge is 2.39. The van der Waals surface area contributed by atoms with Crippen molar-refractivity contribution >= 4 is 17.3 Å². The van der Waals surface area contributed by atoms with Gasteiger partial charge in [-0.1, -0.05) is 0 Å². The summed E-state index contributed by atoms with van der Waals surface area (Å²) in [5.41, 5.74) is 0.729. The number of rotatable bonds is 3. The van der Waals surface area contributed by atoms with Crippen LogP contribution in [0.2, 0.25) is 0 Å². The molecule has 0 spiro atoms. The van der Waals surface area contributed by atoms with E-state index in [2.05, 4.69) is 30.2 Å². The maximum Gasteiger partial charge on any atom is 0.310 e. The predicted octanol–water partition coefficient (Wildman–Crippen LogP) is 3.30. The Labute approximate surface area is 112 Å². The van der Waals surface area contributed by atoms with Gasteiger partial charge < -0.3 is 5.11 Å². The monoisotopic (exact) mass is 267 g/mol. The minimum absolute atomic E-state index is 0.323. The van der Waals surface area contributed by atoms with Crippen LogP contribution < -0.4 is 0 Å². The summed E-state index contributed by atoms with van der Waals surface area (Å²) in [6.45, 7) is 7.84. The SMILES string of the molecule is Cc1ccsc1C(C)N1CCCC(C)(C(=O)O)C1. The molecule has 0 bridgehead atoms. The van der Waals surface area contributed by atoms with Gasteiger partial charge in [-0.05, 0) is 57.2 Å². The zero-order valence-corrected chi connectivity index (χ0v) is 12.1. The van der Waals surface area contributed by atoms with Gasteiger partial charge in [0.05, 0.1) is 5.41 Å². The van der Waals surface area contributed by atoms with Crippen LogP contribution in [-0.2, 0) is 4.79 Å². The maximum atomic E-state index is 11.4. The Hall–Kier alpha value is -0.870. The third-order valence-corrected chi connectivity index (χ3v) is 5.26. The molecule has 0 amide bonds. The van der Waals surface area contributed by atoms with Gasteiger partial charge in [0.1, 0.15) is 0 Å². The van der Waals surface area contributed by atoms with Crippen molar-refractivity contribution in [3.63, 3.8) is 0 Å². The number of piperidine rings is 1. The summed E-state index contributed by atoms with van der Waals surface area (Å²) in [6, 6.07) is 2.46. The van der Waals surface area contributed by atoms with Crippen LogP contribution in [0.25, 0.3) is 0 Å². The smallest absolute Gasteiger partial charge is 0.310 e. The van der Waals surface area contributed by atoms with Crippen molar-refractivity contribution in [2.45, 2.75) is 39.7 Å². The first-order valence-electron chi connectivity index (χ1n) is 6.45. The molecule has 0 aromatic carbocycles. The van der Waals surface area contributed by atoms with Crippen LogP contribution >= 0.6 is 11.3 Å². The van der Waals surface area contributed by atoms with E-state index in [1.54, 1.807) is 11.3 Å². The Morgan fingerprint density at radius 2 is 2.33 bits per heavy atom. The van der Waals surface area contributed by atoms with E-state index in [9.17, 15) is 9.90 Å². The minimum atomic E-state index is -0.665. The number of carboxylic acids is 1. The highest BCUT2D eigenvalue weighted by atomic mass is 32.1. The van der Waals surface area contributed by atoms with E-state index < -0.39 is 11.4 Å². The molecule has 1 saturated heterocycles. The molecular weight excluding hydrogens is 246 g/mol. The van der Waals surface area contributed by atoms with E-state index >= 15 is 0 Å². The molecular formula is C14H21NO2S. The van der Waals surface area contributed by atoms with E-state index in [0.717, 1.165) is 19.4 Å². The number of carboxylic acid groups (broad SMARTS) is 1. The van der Waals surface area contributed by atoms with Crippen molar-refractivity contribution < 1.29 is 9.90 Å². The quantitative estimate of drug-likeness (QED) is 0.913. The second kappa shape index (κ2) is 5.02. The first-order valence-corrected chi connectivity index (χ1v) is 7.33. The van der Waals surface area contributed by atoms with Crippen LogP contribution in [0, 0.1) is 12.3 Å². The van der Waals surface area contributed by atoms with Crippen LogP contribution in [0.4, 0.5) is 0 Å². The number of aryl methyl sites for hydroxylation is 1. The molecule has 3 nitrogen and oxygen atoms in total. The van der Waals surface area contributed by atoms with Crippen LogP contribution in [0.5, 0.6) is 0 Å². The zero-order chi connectivity index (χ0) is 13.3. The summed E-state index contributed by atoms with van der Waals surface area (Å²) in [4.78, 5) is 15.1. The second-order valence-corrected chi connectivity index (χ2v) is 6.53. The van der Waals surface area contributed by atoms with E-state index in [4.69, 9.17) is 0 Å². The molecule has 1 N–H and O–H groups in total. The van der Waals surface area contributed by atoms with Crippen molar-refractivity contribution in [3.05, 3.63) is 21.9 Å². The fourth-order valence-corrected chi connectivity index (χ4v) is 3.78. The van der Waals surface area contributed by atoms with Crippen LogP contribution in [0.15, 0.2) is 11.4 Å². The number of nitrogens with zero attached hydrogens (tertiary/aromatic N) is 1. The van der Waals surface area contributed by atoms with Crippen molar-refractivity contribution in [2.75, 3.05) is 13.1 Å². The van der Waals surface area contributed by atoms with Crippen molar-refractivity contribution in [2.24, 2.45) is 5.41 Å². The van der Waals surface area contributed by atoms with Crippen molar-refractivity contribution in [1.82, 2.24) is 4.90 Å². The molecule has 2 atom stereocenters. The molecule has 2 heterocycles. The van der Waals surface area contributed by atoms with Gasteiger partial charge in [-0.15, -0.1) is 11.3 Å². The number of thiophene rings is 1. The lowest BCUT2D eigenvalue weighted by Crippen LogP contribution is -2.46. The summed E-state index contributed by atoms with van der Waals surface area (Å²) in [5, 5.41) is 11.5. The highest BCUT2D eigenvalue weighted by molar-refractivity contribution is 7.10. The van der Waals surface area contributed by atoms with Gasteiger partial charge in [0.25, 0.3) is 0 Å².